The summed E-state index contributed by atoms with van der Waals surface area (Å²) in [4.78, 5) is 0. The summed E-state index contributed by atoms with van der Waals surface area (Å²) in [5.41, 5.74) is 1.04. The zero-order valence-electron chi connectivity index (χ0n) is 20.6. The Labute approximate surface area is 190 Å². The third kappa shape index (κ3) is 3.01. The summed E-state index contributed by atoms with van der Waals surface area (Å²) < 4.78 is 18.9. The van der Waals surface area contributed by atoms with E-state index in [4.69, 9.17) is 14.2 Å². The Bertz CT molecular complexity index is 694. The van der Waals surface area contributed by atoms with E-state index < -0.39 is 0 Å². The lowest BCUT2D eigenvalue weighted by Crippen LogP contribution is -2.54. The maximum Gasteiger partial charge on any atom is 0.0869 e. The zero-order chi connectivity index (χ0) is 21.5. The van der Waals surface area contributed by atoms with E-state index in [1.165, 1.54) is 57.8 Å². The second-order valence-corrected chi connectivity index (χ2v) is 13.3. The van der Waals surface area contributed by atoms with Crippen molar-refractivity contribution in [3.05, 3.63) is 0 Å². The zero-order valence-corrected chi connectivity index (χ0v) is 20.6. The Kier molecular flexibility index (Phi) is 5.14. The Morgan fingerprint density at radius 1 is 0.839 bits per heavy atom. The van der Waals surface area contributed by atoms with Crippen LogP contribution in [0.25, 0.3) is 0 Å². The first-order valence-electron chi connectivity index (χ1n) is 13.6. The van der Waals surface area contributed by atoms with Gasteiger partial charge in [-0.15, -0.1) is 0 Å². The van der Waals surface area contributed by atoms with E-state index in [2.05, 4.69) is 27.7 Å². The van der Waals surface area contributed by atoms with Crippen molar-refractivity contribution in [2.24, 2.45) is 52.3 Å². The fourth-order valence-electron chi connectivity index (χ4n) is 10.5. The van der Waals surface area contributed by atoms with E-state index in [1.807, 2.05) is 7.11 Å². The fourth-order valence-corrected chi connectivity index (χ4v) is 10.5. The molecule has 6 rings (SSSR count). The molecule has 0 aromatic carbocycles. The number of rotatable bonds is 2. The Hall–Kier alpha value is -0.120. The largest absolute Gasteiger partial charge is 0.381 e. The van der Waals surface area contributed by atoms with Crippen molar-refractivity contribution in [2.45, 2.75) is 110 Å². The molecule has 0 radical (unpaired) electrons. The van der Waals surface area contributed by atoms with Crippen molar-refractivity contribution in [1.29, 1.82) is 0 Å². The van der Waals surface area contributed by atoms with E-state index >= 15 is 0 Å². The molecule has 2 saturated heterocycles. The second-order valence-electron chi connectivity index (χ2n) is 13.3. The quantitative estimate of drug-likeness (QED) is 0.530. The highest BCUT2D eigenvalue weighted by atomic mass is 16.6. The molecule has 2 heterocycles. The van der Waals surface area contributed by atoms with Crippen LogP contribution in [-0.2, 0) is 14.2 Å². The molecule has 0 amide bonds. The SMILES string of the molecule is CO[C@H]1CC[C@@]2(C)[C@@H](CC[C@@H]3[C@@H]2CC[C@]2(C)[C@H]4[C@H](C)[C@@H]([C@H]5C[C@@H](C)CO5)O[C@H]4C[C@@H]32)C1. The molecule has 3 heteroatoms. The molecule has 4 saturated carbocycles. The average molecular weight is 431 g/mol. The number of fused-ring (bicyclic) bond motifs is 7. The van der Waals surface area contributed by atoms with Crippen LogP contribution in [0.3, 0.4) is 0 Å². The molecule has 2 aliphatic heterocycles. The Balaban J connectivity index is 1.22. The van der Waals surface area contributed by atoms with Crippen molar-refractivity contribution < 1.29 is 14.2 Å². The van der Waals surface area contributed by atoms with Gasteiger partial charge in [0.2, 0.25) is 0 Å². The van der Waals surface area contributed by atoms with Gasteiger partial charge in [0.15, 0.2) is 0 Å². The molecule has 0 N–H and O–H groups in total. The number of ether oxygens (including phenoxy) is 3. The van der Waals surface area contributed by atoms with Gasteiger partial charge in [-0.3, -0.25) is 0 Å². The maximum atomic E-state index is 6.89. The fraction of sp³-hybridized carbons (Fsp3) is 1.00. The summed E-state index contributed by atoms with van der Waals surface area (Å²) in [6.07, 6.45) is 14.0. The van der Waals surface area contributed by atoms with Crippen LogP contribution in [-0.4, -0.2) is 38.1 Å². The number of methoxy groups -OCH3 is 1. The minimum atomic E-state index is 0.341. The molecule has 0 aromatic rings. The first-order valence-corrected chi connectivity index (χ1v) is 13.6. The van der Waals surface area contributed by atoms with Crippen LogP contribution in [0.4, 0.5) is 0 Å². The van der Waals surface area contributed by atoms with Gasteiger partial charge < -0.3 is 14.2 Å². The van der Waals surface area contributed by atoms with E-state index in [1.54, 1.807) is 0 Å². The smallest absolute Gasteiger partial charge is 0.0869 e. The van der Waals surface area contributed by atoms with Gasteiger partial charge in [0.25, 0.3) is 0 Å². The predicted molar refractivity (Wildman–Crippen MR) is 123 cm³/mol. The third-order valence-electron chi connectivity index (χ3n) is 12.0. The van der Waals surface area contributed by atoms with Crippen LogP contribution in [0, 0.1) is 52.3 Å². The molecule has 0 unspecified atom stereocenters. The van der Waals surface area contributed by atoms with Gasteiger partial charge in [-0.25, -0.2) is 0 Å². The first kappa shape index (κ1) is 21.4. The first-order chi connectivity index (χ1) is 14.8. The molecule has 6 fully saturated rings. The lowest BCUT2D eigenvalue weighted by atomic mass is 9.44. The molecule has 4 aliphatic carbocycles. The molecule has 0 bridgehead atoms. The summed E-state index contributed by atoms with van der Waals surface area (Å²) in [6.45, 7) is 11.1. The van der Waals surface area contributed by atoms with Gasteiger partial charge in [0.1, 0.15) is 0 Å². The summed E-state index contributed by atoms with van der Waals surface area (Å²) in [7, 11) is 1.92. The summed E-state index contributed by atoms with van der Waals surface area (Å²) in [5.74, 6) is 5.73. The van der Waals surface area contributed by atoms with Gasteiger partial charge in [0.05, 0.1) is 24.4 Å². The highest BCUT2D eigenvalue weighted by Gasteiger charge is 2.66. The summed E-state index contributed by atoms with van der Waals surface area (Å²) in [6, 6.07) is 0. The third-order valence-corrected chi connectivity index (χ3v) is 12.0. The van der Waals surface area contributed by atoms with Crippen LogP contribution in [0.1, 0.15) is 85.5 Å². The van der Waals surface area contributed by atoms with Gasteiger partial charge in [0, 0.05) is 13.7 Å². The second kappa shape index (κ2) is 7.44. The van der Waals surface area contributed by atoms with Gasteiger partial charge in [-0.2, -0.15) is 0 Å². The van der Waals surface area contributed by atoms with Crippen LogP contribution in [0.5, 0.6) is 0 Å². The van der Waals surface area contributed by atoms with E-state index in [0.717, 1.165) is 36.2 Å². The van der Waals surface area contributed by atoms with E-state index in [9.17, 15) is 0 Å². The summed E-state index contributed by atoms with van der Waals surface area (Å²) in [5, 5.41) is 0. The molecule has 176 valence electrons. The number of hydrogen-bond donors (Lipinski definition) is 0. The lowest BCUT2D eigenvalue weighted by molar-refractivity contribution is -0.135. The topological polar surface area (TPSA) is 27.7 Å². The Morgan fingerprint density at radius 3 is 2.39 bits per heavy atom. The molecule has 0 spiro atoms. The van der Waals surface area contributed by atoms with E-state index in [0.29, 0.717) is 47.1 Å². The Morgan fingerprint density at radius 2 is 1.65 bits per heavy atom. The van der Waals surface area contributed by atoms with Crippen molar-refractivity contribution >= 4 is 0 Å². The highest BCUT2D eigenvalue weighted by Crippen LogP contribution is 2.70. The monoisotopic (exact) mass is 430 g/mol. The van der Waals surface area contributed by atoms with Crippen LogP contribution in [0.2, 0.25) is 0 Å². The maximum absolute atomic E-state index is 6.89. The van der Waals surface area contributed by atoms with Crippen molar-refractivity contribution in [1.82, 2.24) is 0 Å². The van der Waals surface area contributed by atoms with Crippen molar-refractivity contribution in [3.8, 4) is 0 Å². The summed E-state index contributed by atoms with van der Waals surface area (Å²) >= 11 is 0. The molecule has 31 heavy (non-hydrogen) atoms. The molecule has 0 aromatic heterocycles. The molecule has 13 atom stereocenters. The van der Waals surface area contributed by atoms with Crippen molar-refractivity contribution in [3.63, 3.8) is 0 Å². The molecule has 3 nitrogen and oxygen atoms in total. The van der Waals surface area contributed by atoms with Crippen molar-refractivity contribution in [2.75, 3.05) is 13.7 Å². The molecular weight excluding hydrogens is 384 g/mol. The van der Waals surface area contributed by atoms with Crippen LogP contribution >= 0.6 is 0 Å². The van der Waals surface area contributed by atoms with Gasteiger partial charge >= 0.3 is 0 Å². The van der Waals surface area contributed by atoms with Crippen LogP contribution < -0.4 is 0 Å². The predicted octanol–water partition coefficient (Wildman–Crippen LogP) is 6.10. The number of hydrogen-bond acceptors (Lipinski definition) is 3. The van der Waals surface area contributed by atoms with Gasteiger partial charge in [-0.05, 0) is 110 Å². The lowest BCUT2D eigenvalue weighted by Gasteiger charge is -2.61. The minimum Gasteiger partial charge on any atom is -0.381 e. The normalized spacial score (nSPS) is 60.9. The van der Waals surface area contributed by atoms with E-state index in [-0.39, 0.29) is 0 Å². The highest BCUT2D eigenvalue weighted by molar-refractivity contribution is 5.14. The van der Waals surface area contributed by atoms with Gasteiger partial charge in [-0.1, -0.05) is 27.7 Å². The minimum absolute atomic E-state index is 0.341. The molecule has 6 aliphatic rings. The molecular formula is C28H46O3. The standard InChI is InChI=1S/C28H46O3/c1-16-12-24(30-15-16)26-17(2)25-23(31-26)14-22-20-7-6-18-13-19(29-5)8-10-27(18,3)21(20)9-11-28(22,25)4/h16-26H,6-15H2,1-5H3/t16-,17+,18+,19+,20-,21+,22+,23+,24-,25+,26+,27+,28+/m1/s1. The average Bonchev–Trinajstić information content (AvgIpc) is 3.40. The van der Waals surface area contributed by atoms with Crippen LogP contribution in [0.15, 0.2) is 0 Å².